The van der Waals surface area contributed by atoms with Gasteiger partial charge in [0.25, 0.3) is 0 Å². The molecule has 0 spiro atoms. The van der Waals surface area contributed by atoms with Gasteiger partial charge in [-0.05, 0) is 120 Å². The fraction of sp³-hybridized carbons (Fsp3) is 0.524. The van der Waals surface area contributed by atoms with Crippen LogP contribution in [0.25, 0.3) is 33.6 Å². The van der Waals surface area contributed by atoms with Crippen LogP contribution in [0.1, 0.15) is 105 Å². The summed E-state index contributed by atoms with van der Waals surface area (Å²) < 4.78 is 29.7. The second kappa shape index (κ2) is 16.1. The Bertz CT molecular complexity index is 2030. The molecular weight excluding hydrogens is 729 g/mol. The highest BCUT2D eigenvalue weighted by Crippen LogP contribution is 2.38. The molecular formula is C42H60N6O5SSi. The van der Waals surface area contributed by atoms with Gasteiger partial charge in [-0.25, -0.2) is 19.4 Å². The summed E-state index contributed by atoms with van der Waals surface area (Å²) >= 11 is -1.54. The van der Waals surface area contributed by atoms with Crippen molar-refractivity contribution in [3.8, 4) is 17.1 Å². The second-order valence-corrected chi connectivity index (χ2v) is 24.7. The third kappa shape index (κ3) is 10.1. The van der Waals surface area contributed by atoms with Gasteiger partial charge in [0.1, 0.15) is 10.3 Å². The summed E-state index contributed by atoms with van der Waals surface area (Å²) in [6, 6.07) is 15.6. The Hall–Kier alpha value is -3.59. The minimum Gasteiger partial charge on any atom is -0.598 e. The number of aliphatic hydroxyl groups is 1. The summed E-state index contributed by atoms with van der Waals surface area (Å²) in [7, 11) is -2.00. The summed E-state index contributed by atoms with van der Waals surface area (Å²) in [4.78, 5) is 24.7. The number of rotatable bonds is 11. The van der Waals surface area contributed by atoms with Crippen LogP contribution < -0.4 is 4.72 Å². The van der Waals surface area contributed by atoms with Crippen LogP contribution in [0.2, 0.25) is 18.1 Å². The Morgan fingerprint density at radius 3 is 2.35 bits per heavy atom. The molecule has 0 saturated heterocycles. The summed E-state index contributed by atoms with van der Waals surface area (Å²) in [5, 5.41) is 17.8. The van der Waals surface area contributed by atoms with Crippen LogP contribution >= 0.6 is 0 Å². The lowest BCUT2D eigenvalue weighted by Crippen LogP contribution is -2.51. The van der Waals surface area contributed by atoms with E-state index in [1.165, 1.54) is 0 Å². The highest BCUT2D eigenvalue weighted by Gasteiger charge is 2.40. The first kappa shape index (κ1) is 42.5. The van der Waals surface area contributed by atoms with Gasteiger partial charge in [0, 0.05) is 35.4 Å². The summed E-state index contributed by atoms with van der Waals surface area (Å²) in [5.74, 6) is 0.663. The molecule has 0 saturated carbocycles. The number of amides is 1. The number of hydrogen-bond donors (Lipinski definition) is 2. The zero-order valence-corrected chi connectivity index (χ0v) is 36.6. The number of fused-ring (bicyclic) bond motifs is 1. The molecule has 0 aliphatic carbocycles. The maximum Gasteiger partial charge on any atom is 0.410 e. The zero-order chi connectivity index (χ0) is 40.6. The molecule has 1 amide bonds. The number of pyridine rings is 2. The molecule has 55 heavy (non-hydrogen) atoms. The lowest BCUT2D eigenvalue weighted by atomic mass is 9.93. The van der Waals surface area contributed by atoms with Gasteiger partial charge >= 0.3 is 6.09 Å². The lowest BCUT2D eigenvalue weighted by Gasteiger charge is -2.36. The number of ether oxygens (including phenoxy) is 1. The van der Waals surface area contributed by atoms with E-state index in [0.717, 1.165) is 33.3 Å². The Morgan fingerprint density at radius 1 is 1.02 bits per heavy atom. The Morgan fingerprint density at radius 2 is 1.73 bits per heavy atom. The van der Waals surface area contributed by atoms with Crippen LogP contribution in [-0.4, -0.2) is 72.2 Å². The van der Waals surface area contributed by atoms with Crippen molar-refractivity contribution in [3.05, 3.63) is 77.8 Å². The average Bonchev–Trinajstić information content (AvgIpc) is 3.53. The van der Waals surface area contributed by atoms with Crippen LogP contribution in [0, 0.1) is 0 Å². The maximum atomic E-state index is 13.2. The summed E-state index contributed by atoms with van der Waals surface area (Å²) in [6.45, 7) is 25.7. The Kier molecular flexibility index (Phi) is 12.5. The van der Waals surface area contributed by atoms with Crippen molar-refractivity contribution in [1.82, 2.24) is 29.4 Å². The highest BCUT2D eigenvalue weighted by molar-refractivity contribution is 7.90. The third-order valence-corrected chi connectivity index (χ3v) is 16.3. The average molecular weight is 789 g/mol. The summed E-state index contributed by atoms with van der Waals surface area (Å²) in [5.41, 5.74) is 3.37. The van der Waals surface area contributed by atoms with Crippen molar-refractivity contribution in [2.75, 3.05) is 13.1 Å². The van der Waals surface area contributed by atoms with Crippen molar-refractivity contribution in [2.24, 2.45) is 0 Å². The van der Waals surface area contributed by atoms with Gasteiger partial charge in [-0.2, -0.15) is 5.10 Å². The Balaban J connectivity index is 1.61. The van der Waals surface area contributed by atoms with Gasteiger partial charge in [0.2, 0.25) is 0 Å². The first-order valence-corrected chi connectivity index (χ1v) is 23.3. The zero-order valence-electron chi connectivity index (χ0n) is 34.7. The van der Waals surface area contributed by atoms with Crippen LogP contribution in [0.4, 0.5) is 4.79 Å². The molecule has 4 heterocycles. The molecule has 1 aliphatic heterocycles. The van der Waals surface area contributed by atoms with Crippen molar-refractivity contribution in [2.45, 2.75) is 129 Å². The molecule has 1 unspecified atom stereocenters. The van der Waals surface area contributed by atoms with E-state index in [9.17, 15) is 14.5 Å². The largest absolute Gasteiger partial charge is 0.598 e. The summed E-state index contributed by atoms with van der Waals surface area (Å²) in [6.07, 6.45) is 5.20. The predicted molar refractivity (Wildman–Crippen MR) is 224 cm³/mol. The molecule has 2 atom stereocenters. The van der Waals surface area contributed by atoms with E-state index in [0.29, 0.717) is 56.2 Å². The van der Waals surface area contributed by atoms with Gasteiger partial charge in [-0.1, -0.05) is 52.3 Å². The van der Waals surface area contributed by atoms with Crippen LogP contribution in [-0.2, 0) is 32.9 Å². The van der Waals surface area contributed by atoms with E-state index < -0.39 is 35.8 Å². The number of carbonyl (C=O) groups excluding carboxylic acids is 1. The molecule has 0 fully saturated rings. The third-order valence-electron chi connectivity index (χ3n) is 10.2. The molecule has 298 valence electrons. The number of benzene rings is 1. The van der Waals surface area contributed by atoms with Crippen LogP contribution in [0.15, 0.2) is 60.8 Å². The number of nitrogens with zero attached hydrogens (tertiary/aromatic N) is 5. The fourth-order valence-electron chi connectivity index (χ4n) is 5.99. The lowest BCUT2D eigenvalue weighted by molar-refractivity contribution is 0.0100. The van der Waals surface area contributed by atoms with Gasteiger partial charge < -0.3 is 23.7 Å². The van der Waals surface area contributed by atoms with E-state index >= 15 is 0 Å². The van der Waals surface area contributed by atoms with E-state index in [4.69, 9.17) is 24.2 Å². The maximum absolute atomic E-state index is 13.2. The van der Waals surface area contributed by atoms with E-state index in [2.05, 4.69) is 56.8 Å². The van der Waals surface area contributed by atoms with E-state index in [1.54, 1.807) is 11.0 Å². The molecule has 11 nitrogen and oxygen atoms in total. The van der Waals surface area contributed by atoms with Crippen molar-refractivity contribution in [3.63, 3.8) is 0 Å². The molecule has 5 rings (SSSR count). The van der Waals surface area contributed by atoms with Crippen LogP contribution in [0.3, 0.4) is 0 Å². The fourth-order valence-corrected chi connectivity index (χ4v) is 7.75. The second-order valence-electron chi connectivity index (χ2n) is 18.0. The minimum atomic E-state index is -2.00. The molecule has 2 N–H and O–H groups in total. The predicted octanol–water partition coefficient (Wildman–Crippen LogP) is 9.03. The van der Waals surface area contributed by atoms with Crippen molar-refractivity contribution < 1.29 is 23.6 Å². The number of carbonyl (C=O) groups is 1. The van der Waals surface area contributed by atoms with Gasteiger partial charge in [0.15, 0.2) is 19.9 Å². The first-order valence-electron chi connectivity index (χ1n) is 19.2. The smallest absolute Gasteiger partial charge is 0.410 e. The number of aromatic nitrogens is 4. The van der Waals surface area contributed by atoms with Crippen molar-refractivity contribution in [1.29, 1.82) is 0 Å². The molecule has 0 bridgehead atoms. The minimum absolute atomic E-state index is 0.0740. The van der Waals surface area contributed by atoms with Gasteiger partial charge in [-0.3, -0.25) is 0 Å². The highest BCUT2D eigenvalue weighted by atomic mass is 32.2. The van der Waals surface area contributed by atoms with E-state index in [-0.39, 0.29) is 11.1 Å². The molecule has 4 aromatic rings. The number of nitrogens with one attached hydrogen (secondary N) is 1. The quantitative estimate of drug-likeness (QED) is 0.0867. The molecule has 0 radical (unpaired) electrons. The standard InChI is InChI=1S/C42H60N6O5SSi/c1-13-22-42(50,46-54(51)40(5,6)7)36-18-15-17-34(45-36)30-25-32(29-20-23-47(24-21-29)38(49)53-39(2,3)4)33-27-43-48(35(33)26-30)37-19-14-16-31(44-37)28-52-55(11,12)41(8,9)10/h14-20,25-27,46,50H,13,21-24,28H2,1-12H3/t42-,54?/m0/s1. The normalized spacial score (nSPS) is 16.2. The molecule has 1 aliphatic rings. The topological polar surface area (TPSA) is 138 Å². The van der Waals surface area contributed by atoms with Gasteiger partial charge in [0.05, 0.1) is 35.4 Å². The van der Waals surface area contributed by atoms with E-state index in [1.807, 2.05) is 89.7 Å². The monoisotopic (exact) mass is 788 g/mol. The number of hydrogen-bond acceptors (Lipinski definition) is 9. The molecule has 1 aromatic carbocycles. The molecule has 13 heteroatoms. The first-order chi connectivity index (χ1) is 25.5. The molecule has 3 aromatic heterocycles. The van der Waals surface area contributed by atoms with Gasteiger partial charge in [-0.15, -0.1) is 4.72 Å². The van der Waals surface area contributed by atoms with Crippen LogP contribution in [0.5, 0.6) is 0 Å². The SMILES string of the molecule is CCC[C@@](O)(N[S+]([O-])C(C)(C)C)c1cccc(-c2cc(C3=CCN(C(=O)OC(C)(C)C)CC3)c3cnn(-c4cccc(CO[Si](C)(C)C(C)(C)C)n4)c3c2)n1. The van der Waals surface area contributed by atoms with Crippen molar-refractivity contribution >= 4 is 42.2 Å². The Labute approximate surface area is 331 Å².